The van der Waals surface area contributed by atoms with E-state index < -0.39 is 0 Å². The lowest BCUT2D eigenvalue weighted by molar-refractivity contribution is 1.17. The van der Waals surface area contributed by atoms with E-state index in [1.807, 2.05) is 0 Å². The Balaban J connectivity index is 1.30. The highest BCUT2D eigenvalue weighted by atomic mass is 15.0. The van der Waals surface area contributed by atoms with Crippen molar-refractivity contribution in [3.8, 4) is 44.8 Å². The molecule has 0 saturated heterocycles. The first kappa shape index (κ1) is 28.4. The summed E-state index contributed by atoms with van der Waals surface area (Å²) >= 11 is 0. The molecule has 0 N–H and O–H groups in total. The monoisotopic (exact) mass is 636 g/mol. The van der Waals surface area contributed by atoms with E-state index in [1.165, 1.54) is 77.0 Å². The maximum absolute atomic E-state index is 2.48. The number of benzene rings is 8. The van der Waals surface area contributed by atoms with Crippen LogP contribution in [0.15, 0.2) is 194 Å². The van der Waals surface area contributed by atoms with Crippen molar-refractivity contribution in [1.82, 2.24) is 9.13 Å². The van der Waals surface area contributed by atoms with E-state index in [0.717, 1.165) is 11.4 Å². The SMILES string of the molecule is c1ccc(-c2ccc(-n3c4cc(-c5ccccc5)ccc4c4c3ccc3c5ccccc5n(-c5cccc(-c6ccccc6)c5)c34)cc2)cc1. The zero-order valence-electron chi connectivity index (χ0n) is 27.4. The van der Waals surface area contributed by atoms with Gasteiger partial charge in [0.15, 0.2) is 0 Å². The van der Waals surface area contributed by atoms with Gasteiger partial charge in [0.05, 0.1) is 22.1 Å². The van der Waals surface area contributed by atoms with Gasteiger partial charge >= 0.3 is 0 Å². The van der Waals surface area contributed by atoms with Crippen LogP contribution in [0, 0.1) is 0 Å². The van der Waals surface area contributed by atoms with Crippen LogP contribution in [0.4, 0.5) is 0 Å². The van der Waals surface area contributed by atoms with Crippen molar-refractivity contribution in [1.29, 1.82) is 0 Å². The molecule has 50 heavy (non-hydrogen) atoms. The molecule has 8 aromatic carbocycles. The molecule has 0 amide bonds. The van der Waals surface area contributed by atoms with Gasteiger partial charge in [-0.05, 0) is 75.8 Å². The molecule has 0 bridgehead atoms. The summed E-state index contributed by atoms with van der Waals surface area (Å²) in [4.78, 5) is 0. The van der Waals surface area contributed by atoms with Gasteiger partial charge < -0.3 is 9.13 Å². The second-order valence-corrected chi connectivity index (χ2v) is 13.0. The largest absolute Gasteiger partial charge is 0.309 e. The van der Waals surface area contributed by atoms with Gasteiger partial charge in [-0.15, -0.1) is 0 Å². The summed E-state index contributed by atoms with van der Waals surface area (Å²) in [7, 11) is 0. The highest BCUT2D eigenvalue weighted by Gasteiger charge is 2.21. The lowest BCUT2D eigenvalue weighted by atomic mass is 10.0. The van der Waals surface area contributed by atoms with Crippen molar-refractivity contribution < 1.29 is 0 Å². The predicted octanol–water partition coefficient (Wildman–Crippen LogP) is 12.9. The Morgan fingerprint density at radius 3 is 1.50 bits per heavy atom. The standard InChI is InChI=1S/C48H32N2/c1-4-13-33(14-5-1)36-23-26-39(27-24-36)49-45-30-29-42-41-21-10-11-22-44(41)50(40-20-12-19-37(31-40)34-15-6-2-7-16-34)48(42)47(45)43-28-25-38(32-46(43)49)35-17-8-3-9-18-35/h1-32H. The third-order valence-electron chi connectivity index (χ3n) is 10.1. The minimum atomic E-state index is 1.14. The Labute approximate surface area is 290 Å². The topological polar surface area (TPSA) is 9.86 Å². The van der Waals surface area contributed by atoms with E-state index in [9.17, 15) is 0 Å². The fourth-order valence-corrected chi connectivity index (χ4v) is 7.80. The average molecular weight is 637 g/mol. The molecule has 0 aliphatic rings. The summed E-state index contributed by atoms with van der Waals surface area (Å²) in [5.41, 5.74) is 14.4. The van der Waals surface area contributed by atoms with Crippen LogP contribution in [0.3, 0.4) is 0 Å². The zero-order chi connectivity index (χ0) is 33.0. The van der Waals surface area contributed by atoms with Gasteiger partial charge in [0.1, 0.15) is 0 Å². The summed E-state index contributed by atoms with van der Waals surface area (Å²) in [6.45, 7) is 0. The van der Waals surface area contributed by atoms with E-state index in [4.69, 9.17) is 0 Å². The molecule has 0 aliphatic carbocycles. The van der Waals surface area contributed by atoms with Crippen molar-refractivity contribution in [2.75, 3.05) is 0 Å². The van der Waals surface area contributed by atoms with Gasteiger partial charge in [0.25, 0.3) is 0 Å². The van der Waals surface area contributed by atoms with Crippen LogP contribution in [-0.2, 0) is 0 Å². The number of para-hydroxylation sites is 1. The van der Waals surface area contributed by atoms with Crippen molar-refractivity contribution >= 4 is 43.6 Å². The van der Waals surface area contributed by atoms with Crippen LogP contribution in [0.2, 0.25) is 0 Å². The molecule has 2 aromatic heterocycles. The van der Waals surface area contributed by atoms with Crippen molar-refractivity contribution in [3.05, 3.63) is 194 Å². The Morgan fingerprint density at radius 1 is 0.260 bits per heavy atom. The zero-order valence-corrected chi connectivity index (χ0v) is 27.4. The second kappa shape index (κ2) is 11.5. The number of aromatic nitrogens is 2. The number of hydrogen-bond acceptors (Lipinski definition) is 0. The molecule has 2 heterocycles. The van der Waals surface area contributed by atoms with Crippen LogP contribution in [0.1, 0.15) is 0 Å². The molecular weight excluding hydrogens is 605 g/mol. The maximum atomic E-state index is 2.48. The fourth-order valence-electron chi connectivity index (χ4n) is 7.80. The second-order valence-electron chi connectivity index (χ2n) is 13.0. The number of hydrogen-bond donors (Lipinski definition) is 0. The molecule has 10 rings (SSSR count). The van der Waals surface area contributed by atoms with Gasteiger partial charge in [0.2, 0.25) is 0 Å². The maximum Gasteiger partial charge on any atom is 0.0641 e. The molecule has 2 nitrogen and oxygen atoms in total. The summed E-state index contributed by atoms with van der Waals surface area (Å²) in [6.07, 6.45) is 0. The average Bonchev–Trinajstić information content (AvgIpc) is 3.71. The Hall–Kier alpha value is -6.64. The summed E-state index contributed by atoms with van der Waals surface area (Å²) < 4.78 is 4.93. The minimum Gasteiger partial charge on any atom is -0.309 e. The molecule has 0 saturated carbocycles. The molecule has 2 heteroatoms. The highest BCUT2D eigenvalue weighted by Crippen LogP contribution is 2.43. The molecule has 0 spiro atoms. The summed E-state index contributed by atoms with van der Waals surface area (Å²) in [5, 5.41) is 5.00. The Morgan fingerprint density at radius 2 is 0.800 bits per heavy atom. The van der Waals surface area contributed by atoms with Crippen LogP contribution in [0.5, 0.6) is 0 Å². The van der Waals surface area contributed by atoms with Crippen molar-refractivity contribution in [2.24, 2.45) is 0 Å². The summed E-state index contributed by atoms with van der Waals surface area (Å²) in [6, 6.07) is 70.4. The van der Waals surface area contributed by atoms with Gasteiger partial charge in [-0.25, -0.2) is 0 Å². The third-order valence-corrected chi connectivity index (χ3v) is 10.1. The Kier molecular flexibility index (Phi) is 6.53. The molecule has 10 aromatic rings. The van der Waals surface area contributed by atoms with Crippen molar-refractivity contribution in [2.45, 2.75) is 0 Å². The van der Waals surface area contributed by atoms with Crippen LogP contribution in [0.25, 0.3) is 88.4 Å². The van der Waals surface area contributed by atoms with Crippen LogP contribution in [-0.4, -0.2) is 9.13 Å². The number of nitrogens with zero attached hydrogens (tertiary/aromatic N) is 2. The van der Waals surface area contributed by atoms with E-state index >= 15 is 0 Å². The normalized spacial score (nSPS) is 11.6. The smallest absolute Gasteiger partial charge is 0.0641 e. The van der Waals surface area contributed by atoms with E-state index in [1.54, 1.807) is 0 Å². The van der Waals surface area contributed by atoms with Crippen LogP contribution < -0.4 is 0 Å². The molecule has 0 unspecified atom stereocenters. The van der Waals surface area contributed by atoms with Crippen molar-refractivity contribution in [3.63, 3.8) is 0 Å². The van der Waals surface area contributed by atoms with E-state index in [2.05, 4.69) is 203 Å². The fraction of sp³-hybridized carbons (Fsp3) is 0. The lowest BCUT2D eigenvalue weighted by Crippen LogP contribution is -1.96. The first-order valence-corrected chi connectivity index (χ1v) is 17.2. The minimum absolute atomic E-state index is 1.14. The van der Waals surface area contributed by atoms with Gasteiger partial charge in [-0.3, -0.25) is 0 Å². The molecule has 0 fully saturated rings. The predicted molar refractivity (Wildman–Crippen MR) is 211 cm³/mol. The van der Waals surface area contributed by atoms with Gasteiger partial charge in [-0.2, -0.15) is 0 Å². The molecule has 234 valence electrons. The molecule has 0 atom stereocenters. The molecular formula is C48H32N2. The highest BCUT2D eigenvalue weighted by molar-refractivity contribution is 6.26. The van der Waals surface area contributed by atoms with Gasteiger partial charge in [0, 0.05) is 32.9 Å². The molecule has 0 radical (unpaired) electrons. The lowest BCUT2D eigenvalue weighted by Gasteiger charge is -2.12. The first-order chi connectivity index (χ1) is 24.8. The summed E-state index contributed by atoms with van der Waals surface area (Å²) in [5.74, 6) is 0. The van der Waals surface area contributed by atoms with Crippen LogP contribution >= 0.6 is 0 Å². The first-order valence-electron chi connectivity index (χ1n) is 17.2. The molecule has 0 aliphatic heterocycles. The number of rotatable bonds is 5. The quantitative estimate of drug-likeness (QED) is 0.178. The third kappa shape index (κ3) is 4.50. The van der Waals surface area contributed by atoms with E-state index in [-0.39, 0.29) is 0 Å². The number of fused-ring (bicyclic) bond motifs is 7. The van der Waals surface area contributed by atoms with E-state index in [0.29, 0.717) is 0 Å². The Bertz CT molecular complexity index is 2820. The van der Waals surface area contributed by atoms with Gasteiger partial charge in [-0.1, -0.05) is 152 Å².